The summed E-state index contributed by atoms with van der Waals surface area (Å²) in [6.07, 6.45) is 1.19. The zero-order valence-corrected chi connectivity index (χ0v) is 13.4. The van der Waals surface area contributed by atoms with Crippen molar-refractivity contribution < 1.29 is 17.9 Å². The zero-order chi connectivity index (χ0) is 15.6. The molecule has 0 spiro atoms. The molecule has 0 aromatic heterocycles. The smallest absolute Gasteiger partial charge is 0.324 e. The van der Waals surface area contributed by atoms with Gasteiger partial charge in [-0.05, 0) is 56.9 Å². The minimum absolute atomic E-state index is 0.238. The van der Waals surface area contributed by atoms with Crippen molar-refractivity contribution in [2.75, 3.05) is 13.2 Å². The Morgan fingerprint density at radius 2 is 2.05 bits per heavy atom. The van der Waals surface area contributed by atoms with E-state index in [0.717, 1.165) is 11.1 Å². The standard InChI is InChI=1S/C15H21NO4S/c1-4-20-15(17)14-6-5-9-16(14)21(18,19)13-8-7-11(2)12(3)10-13/h7-8,10,14H,4-6,9H2,1-3H3. The van der Waals surface area contributed by atoms with Crippen molar-refractivity contribution in [2.45, 2.75) is 44.6 Å². The molecular weight excluding hydrogens is 290 g/mol. The summed E-state index contributed by atoms with van der Waals surface area (Å²) in [5.41, 5.74) is 1.96. The van der Waals surface area contributed by atoms with E-state index in [0.29, 0.717) is 19.4 Å². The van der Waals surface area contributed by atoms with Crippen LogP contribution < -0.4 is 0 Å². The first-order chi connectivity index (χ1) is 9.87. The fourth-order valence-electron chi connectivity index (χ4n) is 2.51. The van der Waals surface area contributed by atoms with Gasteiger partial charge in [0.2, 0.25) is 10.0 Å². The Hall–Kier alpha value is -1.40. The number of ether oxygens (including phenoxy) is 1. The molecular formula is C15H21NO4S. The molecule has 1 unspecified atom stereocenters. The number of hydrogen-bond donors (Lipinski definition) is 0. The van der Waals surface area contributed by atoms with Gasteiger partial charge in [-0.1, -0.05) is 6.07 Å². The summed E-state index contributed by atoms with van der Waals surface area (Å²) in [6, 6.07) is 4.35. The van der Waals surface area contributed by atoms with Gasteiger partial charge in [-0.2, -0.15) is 4.31 Å². The highest BCUT2D eigenvalue weighted by molar-refractivity contribution is 7.89. The Labute approximate surface area is 126 Å². The minimum Gasteiger partial charge on any atom is -0.465 e. The van der Waals surface area contributed by atoms with Gasteiger partial charge in [-0.3, -0.25) is 4.79 Å². The fraction of sp³-hybridized carbons (Fsp3) is 0.533. The van der Waals surface area contributed by atoms with Crippen LogP contribution in [-0.2, 0) is 19.6 Å². The number of carbonyl (C=O) groups excluding carboxylic acids is 1. The summed E-state index contributed by atoms with van der Waals surface area (Å²) in [5.74, 6) is -0.456. The lowest BCUT2D eigenvalue weighted by Crippen LogP contribution is -2.41. The molecule has 5 nitrogen and oxygen atoms in total. The third kappa shape index (κ3) is 3.11. The molecule has 1 aromatic rings. The number of hydrogen-bond acceptors (Lipinski definition) is 4. The molecule has 0 saturated carbocycles. The lowest BCUT2D eigenvalue weighted by molar-refractivity contribution is -0.146. The largest absolute Gasteiger partial charge is 0.465 e. The summed E-state index contributed by atoms with van der Waals surface area (Å²) in [6.45, 7) is 6.14. The quantitative estimate of drug-likeness (QED) is 0.798. The molecule has 1 aliphatic heterocycles. The van der Waals surface area contributed by atoms with Crippen molar-refractivity contribution in [3.63, 3.8) is 0 Å². The molecule has 6 heteroatoms. The topological polar surface area (TPSA) is 63.7 Å². The highest BCUT2D eigenvalue weighted by atomic mass is 32.2. The second-order valence-corrected chi connectivity index (χ2v) is 7.16. The lowest BCUT2D eigenvalue weighted by atomic mass is 10.1. The average Bonchev–Trinajstić information content (AvgIpc) is 2.92. The fourth-order valence-corrected chi connectivity index (χ4v) is 4.24. The van der Waals surface area contributed by atoms with Crippen LogP contribution in [0.4, 0.5) is 0 Å². The maximum Gasteiger partial charge on any atom is 0.324 e. The minimum atomic E-state index is -3.66. The van der Waals surface area contributed by atoms with Gasteiger partial charge >= 0.3 is 5.97 Å². The van der Waals surface area contributed by atoms with Gasteiger partial charge in [0.05, 0.1) is 11.5 Å². The van der Waals surface area contributed by atoms with E-state index in [2.05, 4.69) is 0 Å². The van der Waals surface area contributed by atoms with E-state index in [1.165, 1.54) is 4.31 Å². The summed E-state index contributed by atoms with van der Waals surface area (Å²) in [4.78, 5) is 12.2. The first-order valence-corrected chi connectivity index (χ1v) is 8.57. The number of carbonyl (C=O) groups is 1. The molecule has 1 saturated heterocycles. The van der Waals surface area contributed by atoms with Crippen LogP contribution in [0.1, 0.15) is 30.9 Å². The van der Waals surface area contributed by atoms with Gasteiger partial charge in [0.25, 0.3) is 0 Å². The maximum atomic E-state index is 12.7. The number of esters is 1. The molecule has 0 bridgehead atoms. The zero-order valence-electron chi connectivity index (χ0n) is 12.6. The van der Waals surface area contributed by atoms with Crippen LogP contribution in [0.15, 0.2) is 23.1 Å². The second-order valence-electron chi connectivity index (χ2n) is 5.27. The molecule has 1 aromatic carbocycles. The number of nitrogens with zero attached hydrogens (tertiary/aromatic N) is 1. The van der Waals surface area contributed by atoms with Crippen LogP contribution >= 0.6 is 0 Å². The number of benzene rings is 1. The number of rotatable bonds is 4. The maximum absolute atomic E-state index is 12.7. The first-order valence-electron chi connectivity index (χ1n) is 7.13. The molecule has 1 aliphatic rings. The van der Waals surface area contributed by atoms with Gasteiger partial charge in [-0.25, -0.2) is 8.42 Å². The Balaban J connectivity index is 2.33. The van der Waals surface area contributed by atoms with Crippen molar-refractivity contribution in [2.24, 2.45) is 0 Å². The van der Waals surface area contributed by atoms with Crippen LogP contribution in [0.25, 0.3) is 0 Å². The SMILES string of the molecule is CCOC(=O)C1CCCN1S(=O)(=O)c1ccc(C)c(C)c1. The van der Waals surface area contributed by atoms with Crippen LogP contribution in [-0.4, -0.2) is 37.9 Å². The Bertz CT molecular complexity index is 639. The van der Waals surface area contributed by atoms with E-state index >= 15 is 0 Å². The normalized spacial score (nSPS) is 19.7. The van der Waals surface area contributed by atoms with E-state index in [4.69, 9.17) is 4.74 Å². The first kappa shape index (κ1) is 16.0. The van der Waals surface area contributed by atoms with Gasteiger partial charge in [0.1, 0.15) is 6.04 Å². The summed E-state index contributed by atoms with van der Waals surface area (Å²) >= 11 is 0. The Morgan fingerprint density at radius 3 is 2.67 bits per heavy atom. The van der Waals surface area contributed by atoms with Crippen LogP contribution in [0.3, 0.4) is 0 Å². The molecule has 2 rings (SSSR count). The van der Waals surface area contributed by atoms with Crippen molar-refractivity contribution in [1.82, 2.24) is 4.31 Å². The molecule has 1 fully saturated rings. The molecule has 116 valence electrons. The second kappa shape index (κ2) is 6.15. The van der Waals surface area contributed by atoms with Crippen molar-refractivity contribution in [3.8, 4) is 0 Å². The van der Waals surface area contributed by atoms with Crippen LogP contribution in [0.2, 0.25) is 0 Å². The Kier molecular flexibility index (Phi) is 4.68. The van der Waals surface area contributed by atoms with Gasteiger partial charge < -0.3 is 4.74 Å². The van der Waals surface area contributed by atoms with Crippen LogP contribution in [0, 0.1) is 13.8 Å². The average molecular weight is 311 g/mol. The van der Waals surface area contributed by atoms with Crippen molar-refractivity contribution in [3.05, 3.63) is 29.3 Å². The monoisotopic (exact) mass is 311 g/mol. The van der Waals surface area contributed by atoms with Crippen molar-refractivity contribution in [1.29, 1.82) is 0 Å². The Morgan fingerprint density at radius 1 is 1.33 bits per heavy atom. The third-order valence-corrected chi connectivity index (χ3v) is 5.75. The van der Waals surface area contributed by atoms with E-state index in [9.17, 15) is 13.2 Å². The summed E-state index contributed by atoms with van der Waals surface area (Å²) < 4.78 is 31.7. The third-order valence-electron chi connectivity index (χ3n) is 3.85. The lowest BCUT2D eigenvalue weighted by Gasteiger charge is -2.22. The number of aryl methyl sites for hydroxylation is 2. The van der Waals surface area contributed by atoms with Gasteiger partial charge in [0.15, 0.2) is 0 Å². The molecule has 1 heterocycles. The summed E-state index contributed by atoms with van der Waals surface area (Å²) in [5, 5.41) is 0. The molecule has 21 heavy (non-hydrogen) atoms. The molecule has 1 atom stereocenters. The summed E-state index contributed by atoms with van der Waals surface area (Å²) in [7, 11) is -3.66. The van der Waals surface area contributed by atoms with E-state index in [1.807, 2.05) is 13.8 Å². The van der Waals surface area contributed by atoms with E-state index in [1.54, 1.807) is 25.1 Å². The molecule has 0 aliphatic carbocycles. The van der Waals surface area contributed by atoms with Crippen LogP contribution in [0.5, 0.6) is 0 Å². The van der Waals surface area contributed by atoms with Gasteiger partial charge in [-0.15, -0.1) is 0 Å². The highest BCUT2D eigenvalue weighted by Gasteiger charge is 2.40. The molecule has 0 N–H and O–H groups in total. The van der Waals surface area contributed by atoms with E-state index < -0.39 is 22.0 Å². The van der Waals surface area contributed by atoms with Crippen molar-refractivity contribution >= 4 is 16.0 Å². The predicted molar refractivity (Wildman–Crippen MR) is 79.5 cm³/mol. The predicted octanol–water partition coefficient (Wildman–Crippen LogP) is 2.02. The van der Waals surface area contributed by atoms with Gasteiger partial charge in [0, 0.05) is 6.54 Å². The number of sulfonamides is 1. The molecule has 0 radical (unpaired) electrons. The molecule has 0 amide bonds. The highest BCUT2D eigenvalue weighted by Crippen LogP contribution is 2.27. The van der Waals surface area contributed by atoms with E-state index in [-0.39, 0.29) is 11.5 Å².